The second-order valence-electron chi connectivity index (χ2n) is 6.82. The molecular weight excluding hydrogens is 326 g/mol. The number of H-pyrrole nitrogens is 1. The summed E-state index contributed by atoms with van der Waals surface area (Å²) in [5, 5.41) is 7.54. The number of aromatic amines is 1. The third-order valence-corrected chi connectivity index (χ3v) is 5.26. The molecule has 2 heterocycles. The summed E-state index contributed by atoms with van der Waals surface area (Å²) in [5.74, 6) is 1.47. The van der Waals surface area contributed by atoms with E-state index in [1.165, 1.54) is 22.3 Å². The molecule has 0 unspecified atom stereocenters. The van der Waals surface area contributed by atoms with E-state index in [2.05, 4.69) is 44.0 Å². The molecule has 134 valence electrons. The zero-order chi connectivity index (χ0) is 18.3. The standard InChI is InChI=1S/C21H23N3O2/c1-12-10-18(15(4)14(3)13(12)2)20-22-19(23-24-20)16-6-5-7-17(11-16)21-25-8-9-26-21/h5-7,10-11,21H,8-9H2,1-4H3,(H,22,23,24). The lowest BCUT2D eigenvalue weighted by Gasteiger charge is -2.12. The van der Waals surface area contributed by atoms with Crippen molar-refractivity contribution in [1.82, 2.24) is 15.2 Å². The van der Waals surface area contributed by atoms with Crippen LogP contribution in [-0.4, -0.2) is 28.4 Å². The van der Waals surface area contributed by atoms with E-state index >= 15 is 0 Å². The largest absolute Gasteiger partial charge is 0.346 e. The van der Waals surface area contributed by atoms with Gasteiger partial charge in [0.2, 0.25) is 0 Å². The fraction of sp³-hybridized carbons (Fsp3) is 0.333. The van der Waals surface area contributed by atoms with Gasteiger partial charge in [0.1, 0.15) is 0 Å². The first kappa shape index (κ1) is 16.9. The summed E-state index contributed by atoms with van der Waals surface area (Å²) in [4.78, 5) is 4.74. The molecule has 1 saturated heterocycles. The van der Waals surface area contributed by atoms with Crippen LogP contribution >= 0.6 is 0 Å². The fourth-order valence-electron chi connectivity index (χ4n) is 3.34. The molecule has 0 radical (unpaired) electrons. The topological polar surface area (TPSA) is 60.0 Å². The highest BCUT2D eigenvalue weighted by atomic mass is 16.7. The lowest BCUT2D eigenvalue weighted by atomic mass is 9.94. The molecule has 5 heteroatoms. The summed E-state index contributed by atoms with van der Waals surface area (Å²) >= 11 is 0. The summed E-state index contributed by atoms with van der Waals surface area (Å²) in [7, 11) is 0. The van der Waals surface area contributed by atoms with E-state index in [9.17, 15) is 0 Å². The second kappa shape index (κ2) is 6.67. The van der Waals surface area contributed by atoms with Gasteiger partial charge in [-0.3, -0.25) is 5.10 Å². The molecule has 1 fully saturated rings. The Morgan fingerprint density at radius 1 is 0.962 bits per heavy atom. The molecular formula is C21H23N3O2. The number of nitrogens with zero attached hydrogens (tertiary/aromatic N) is 2. The maximum Gasteiger partial charge on any atom is 0.184 e. The summed E-state index contributed by atoms with van der Waals surface area (Å²) in [6.07, 6.45) is -0.294. The quantitative estimate of drug-likeness (QED) is 0.760. The first-order chi connectivity index (χ1) is 12.5. The minimum Gasteiger partial charge on any atom is -0.346 e. The van der Waals surface area contributed by atoms with Gasteiger partial charge in [0.25, 0.3) is 0 Å². The first-order valence-corrected chi connectivity index (χ1v) is 8.88. The molecule has 4 rings (SSSR count). The summed E-state index contributed by atoms with van der Waals surface area (Å²) in [6.45, 7) is 9.84. The third-order valence-electron chi connectivity index (χ3n) is 5.26. The van der Waals surface area contributed by atoms with E-state index in [0.717, 1.165) is 22.5 Å². The van der Waals surface area contributed by atoms with Crippen molar-refractivity contribution in [3.8, 4) is 22.8 Å². The predicted molar refractivity (Wildman–Crippen MR) is 101 cm³/mol. The van der Waals surface area contributed by atoms with Crippen LogP contribution in [0, 0.1) is 27.7 Å². The Balaban J connectivity index is 1.70. The van der Waals surface area contributed by atoms with Crippen molar-refractivity contribution in [2.24, 2.45) is 0 Å². The summed E-state index contributed by atoms with van der Waals surface area (Å²) < 4.78 is 11.2. The zero-order valence-electron chi connectivity index (χ0n) is 15.6. The van der Waals surface area contributed by atoms with E-state index in [4.69, 9.17) is 14.5 Å². The number of aryl methyl sites for hydroxylation is 1. The third kappa shape index (κ3) is 2.93. The van der Waals surface area contributed by atoms with Crippen LogP contribution in [0.15, 0.2) is 30.3 Å². The number of hydrogen-bond donors (Lipinski definition) is 1. The maximum atomic E-state index is 5.59. The molecule has 0 atom stereocenters. The Labute approximate surface area is 153 Å². The van der Waals surface area contributed by atoms with Crippen LogP contribution in [0.1, 0.15) is 34.1 Å². The van der Waals surface area contributed by atoms with Crippen molar-refractivity contribution in [3.05, 3.63) is 58.1 Å². The zero-order valence-corrected chi connectivity index (χ0v) is 15.6. The van der Waals surface area contributed by atoms with Gasteiger partial charge in [-0.05, 0) is 62.1 Å². The van der Waals surface area contributed by atoms with Gasteiger partial charge >= 0.3 is 0 Å². The van der Waals surface area contributed by atoms with Crippen molar-refractivity contribution in [3.63, 3.8) is 0 Å². The van der Waals surface area contributed by atoms with Gasteiger partial charge in [-0.15, -0.1) is 0 Å². The average Bonchev–Trinajstić information content (AvgIpc) is 3.35. The SMILES string of the molecule is Cc1cc(-c2nc(-c3cccc(C4OCCO4)c3)n[nH]2)c(C)c(C)c1C. The van der Waals surface area contributed by atoms with Crippen LogP contribution in [0.25, 0.3) is 22.8 Å². The van der Waals surface area contributed by atoms with Crippen molar-refractivity contribution in [2.45, 2.75) is 34.0 Å². The highest BCUT2D eigenvalue weighted by Crippen LogP contribution is 2.30. The van der Waals surface area contributed by atoms with Crippen molar-refractivity contribution < 1.29 is 9.47 Å². The number of rotatable bonds is 3. The Bertz CT molecular complexity index is 956. The minimum atomic E-state index is -0.294. The minimum absolute atomic E-state index is 0.294. The molecule has 0 amide bonds. The van der Waals surface area contributed by atoms with Crippen molar-refractivity contribution >= 4 is 0 Å². The molecule has 1 aromatic heterocycles. The van der Waals surface area contributed by atoms with Crippen LogP contribution < -0.4 is 0 Å². The molecule has 5 nitrogen and oxygen atoms in total. The van der Waals surface area contributed by atoms with Gasteiger partial charge in [0.15, 0.2) is 17.9 Å². The van der Waals surface area contributed by atoms with E-state index in [1.807, 2.05) is 24.3 Å². The highest BCUT2D eigenvalue weighted by Gasteiger charge is 2.19. The molecule has 0 saturated carbocycles. The second-order valence-corrected chi connectivity index (χ2v) is 6.82. The number of hydrogen-bond acceptors (Lipinski definition) is 4. The molecule has 1 N–H and O–H groups in total. The van der Waals surface area contributed by atoms with E-state index < -0.39 is 0 Å². The highest BCUT2D eigenvalue weighted by molar-refractivity contribution is 5.67. The normalized spacial score (nSPS) is 14.9. The molecule has 0 spiro atoms. The smallest absolute Gasteiger partial charge is 0.184 e. The van der Waals surface area contributed by atoms with Gasteiger partial charge in [0.05, 0.1) is 13.2 Å². The van der Waals surface area contributed by atoms with Crippen LogP contribution in [-0.2, 0) is 9.47 Å². The van der Waals surface area contributed by atoms with Gasteiger partial charge in [-0.2, -0.15) is 5.10 Å². The molecule has 0 aliphatic carbocycles. The van der Waals surface area contributed by atoms with Gasteiger partial charge in [0, 0.05) is 16.7 Å². The molecule has 1 aliphatic rings. The molecule has 2 aromatic carbocycles. The lowest BCUT2D eigenvalue weighted by molar-refractivity contribution is -0.0440. The van der Waals surface area contributed by atoms with Crippen molar-refractivity contribution in [1.29, 1.82) is 0 Å². The van der Waals surface area contributed by atoms with Gasteiger partial charge < -0.3 is 9.47 Å². The Hall–Kier alpha value is -2.50. The van der Waals surface area contributed by atoms with Crippen LogP contribution in [0.3, 0.4) is 0 Å². The molecule has 1 aliphatic heterocycles. The average molecular weight is 349 g/mol. The monoisotopic (exact) mass is 349 g/mol. The van der Waals surface area contributed by atoms with E-state index in [1.54, 1.807) is 0 Å². The molecule has 0 bridgehead atoms. The maximum absolute atomic E-state index is 5.59. The van der Waals surface area contributed by atoms with E-state index in [-0.39, 0.29) is 6.29 Å². The Morgan fingerprint density at radius 2 is 1.73 bits per heavy atom. The van der Waals surface area contributed by atoms with Crippen LogP contribution in [0.4, 0.5) is 0 Å². The Kier molecular flexibility index (Phi) is 4.34. The van der Waals surface area contributed by atoms with Gasteiger partial charge in [-0.25, -0.2) is 4.98 Å². The number of nitrogens with one attached hydrogen (secondary N) is 1. The van der Waals surface area contributed by atoms with Gasteiger partial charge in [-0.1, -0.05) is 18.2 Å². The number of aromatic nitrogens is 3. The van der Waals surface area contributed by atoms with Crippen LogP contribution in [0.5, 0.6) is 0 Å². The van der Waals surface area contributed by atoms with Crippen LogP contribution in [0.2, 0.25) is 0 Å². The fourth-order valence-corrected chi connectivity index (χ4v) is 3.34. The summed E-state index contributed by atoms with van der Waals surface area (Å²) in [6, 6.07) is 10.2. The molecule has 3 aromatic rings. The molecule has 26 heavy (non-hydrogen) atoms. The number of benzene rings is 2. The predicted octanol–water partition coefficient (Wildman–Crippen LogP) is 4.42. The lowest BCUT2D eigenvalue weighted by Crippen LogP contribution is -1.98. The first-order valence-electron chi connectivity index (χ1n) is 8.88. The van der Waals surface area contributed by atoms with Crippen molar-refractivity contribution in [2.75, 3.05) is 13.2 Å². The summed E-state index contributed by atoms with van der Waals surface area (Å²) in [5.41, 5.74) is 8.16. The number of ether oxygens (including phenoxy) is 2. The Morgan fingerprint density at radius 3 is 2.50 bits per heavy atom. The van der Waals surface area contributed by atoms with E-state index in [0.29, 0.717) is 19.0 Å².